The maximum Gasteiger partial charge on any atom is 0.237 e. The molecule has 100 valence electrons. The molecule has 0 fully saturated rings. The van der Waals surface area contributed by atoms with Gasteiger partial charge >= 0.3 is 0 Å². The molecule has 0 aliphatic rings. The fraction of sp³-hybridized carbons (Fsp3) is 0.533. The number of nitrogens with one attached hydrogen (secondary N) is 1. The Kier molecular flexibility index (Phi) is 4.91. The Bertz CT molecular complexity index is 407. The van der Waals surface area contributed by atoms with Gasteiger partial charge in [-0.25, -0.2) is 0 Å². The van der Waals surface area contributed by atoms with E-state index in [9.17, 15) is 4.79 Å². The number of nitrogens with two attached hydrogens (primary N) is 1. The van der Waals surface area contributed by atoms with Crippen molar-refractivity contribution in [3.8, 4) is 0 Å². The van der Waals surface area contributed by atoms with E-state index in [4.69, 9.17) is 5.73 Å². The molecular formula is C15H24N2O. The SMILES string of the molecule is Cc1ccccc1CCNC(=O)C(N)C(C)(C)C. The summed E-state index contributed by atoms with van der Waals surface area (Å²) in [7, 11) is 0. The van der Waals surface area contributed by atoms with Crippen LogP contribution >= 0.6 is 0 Å². The Balaban J connectivity index is 2.43. The first-order chi connectivity index (χ1) is 8.32. The highest BCUT2D eigenvalue weighted by atomic mass is 16.2. The third-order valence-corrected chi connectivity index (χ3v) is 3.17. The molecule has 18 heavy (non-hydrogen) atoms. The zero-order valence-electron chi connectivity index (χ0n) is 11.8. The molecule has 0 heterocycles. The molecule has 1 aromatic carbocycles. The molecule has 0 bridgehead atoms. The second-order valence-corrected chi connectivity index (χ2v) is 5.81. The first-order valence-corrected chi connectivity index (χ1v) is 6.40. The molecule has 1 unspecified atom stereocenters. The van der Waals surface area contributed by atoms with Gasteiger partial charge in [-0.05, 0) is 29.9 Å². The predicted molar refractivity (Wildman–Crippen MR) is 75.3 cm³/mol. The minimum atomic E-state index is -0.464. The predicted octanol–water partition coefficient (Wildman–Crippen LogP) is 2.03. The number of rotatable bonds is 4. The molecular weight excluding hydrogens is 224 g/mol. The summed E-state index contributed by atoms with van der Waals surface area (Å²) < 4.78 is 0. The van der Waals surface area contributed by atoms with Gasteiger partial charge < -0.3 is 11.1 Å². The summed E-state index contributed by atoms with van der Waals surface area (Å²) in [6.07, 6.45) is 0.843. The van der Waals surface area contributed by atoms with E-state index in [1.54, 1.807) is 0 Å². The third-order valence-electron chi connectivity index (χ3n) is 3.17. The number of aryl methyl sites for hydroxylation is 1. The second kappa shape index (κ2) is 6.01. The standard InChI is InChI=1S/C15H24N2O/c1-11-7-5-6-8-12(11)9-10-17-14(18)13(16)15(2,3)4/h5-8,13H,9-10,16H2,1-4H3,(H,17,18). The van der Waals surface area contributed by atoms with E-state index in [2.05, 4.69) is 24.4 Å². The van der Waals surface area contributed by atoms with Crippen molar-refractivity contribution < 1.29 is 4.79 Å². The van der Waals surface area contributed by atoms with E-state index in [0.29, 0.717) is 6.54 Å². The van der Waals surface area contributed by atoms with Crippen LogP contribution in [-0.4, -0.2) is 18.5 Å². The number of hydrogen-bond acceptors (Lipinski definition) is 2. The summed E-state index contributed by atoms with van der Waals surface area (Å²) in [6, 6.07) is 7.75. The summed E-state index contributed by atoms with van der Waals surface area (Å²) in [5.74, 6) is -0.0731. The molecule has 0 spiro atoms. The highest BCUT2D eigenvalue weighted by Gasteiger charge is 2.26. The lowest BCUT2D eigenvalue weighted by molar-refractivity contribution is -0.124. The van der Waals surface area contributed by atoms with Crippen LogP contribution in [-0.2, 0) is 11.2 Å². The summed E-state index contributed by atoms with van der Waals surface area (Å²) in [4.78, 5) is 11.8. The quantitative estimate of drug-likeness (QED) is 0.856. The molecule has 1 aromatic rings. The molecule has 3 N–H and O–H groups in total. The van der Waals surface area contributed by atoms with E-state index in [-0.39, 0.29) is 11.3 Å². The Labute approximate surface area is 110 Å². The zero-order chi connectivity index (χ0) is 13.8. The van der Waals surface area contributed by atoms with Gasteiger partial charge in [0, 0.05) is 6.54 Å². The number of benzene rings is 1. The van der Waals surface area contributed by atoms with Crippen molar-refractivity contribution in [1.29, 1.82) is 0 Å². The molecule has 1 atom stereocenters. The lowest BCUT2D eigenvalue weighted by Gasteiger charge is -2.25. The maximum atomic E-state index is 11.8. The van der Waals surface area contributed by atoms with Crippen molar-refractivity contribution in [2.45, 2.75) is 40.2 Å². The average molecular weight is 248 g/mol. The molecule has 0 radical (unpaired) electrons. The Morgan fingerprint density at radius 2 is 1.94 bits per heavy atom. The summed E-state index contributed by atoms with van der Waals surface area (Å²) in [5.41, 5.74) is 8.21. The summed E-state index contributed by atoms with van der Waals surface area (Å²) in [5, 5.41) is 2.90. The molecule has 1 rings (SSSR count). The van der Waals surface area contributed by atoms with Crippen molar-refractivity contribution >= 4 is 5.91 Å². The summed E-state index contributed by atoms with van der Waals surface area (Å²) in [6.45, 7) is 8.63. The molecule has 0 saturated heterocycles. The number of amides is 1. The number of carbonyl (C=O) groups is 1. The minimum Gasteiger partial charge on any atom is -0.354 e. The van der Waals surface area contributed by atoms with Crippen molar-refractivity contribution in [1.82, 2.24) is 5.32 Å². The lowest BCUT2D eigenvalue weighted by atomic mass is 9.87. The van der Waals surface area contributed by atoms with Gasteiger partial charge in [0.1, 0.15) is 0 Å². The van der Waals surface area contributed by atoms with Crippen LogP contribution in [0.1, 0.15) is 31.9 Å². The zero-order valence-corrected chi connectivity index (χ0v) is 11.8. The number of carbonyl (C=O) groups excluding carboxylic acids is 1. The third kappa shape index (κ3) is 4.15. The molecule has 0 aliphatic carbocycles. The van der Waals surface area contributed by atoms with Crippen molar-refractivity contribution in [3.63, 3.8) is 0 Å². The van der Waals surface area contributed by atoms with Crippen LogP contribution in [0.15, 0.2) is 24.3 Å². The second-order valence-electron chi connectivity index (χ2n) is 5.81. The van der Waals surface area contributed by atoms with Crippen LogP contribution in [0.5, 0.6) is 0 Å². The highest BCUT2D eigenvalue weighted by molar-refractivity contribution is 5.82. The van der Waals surface area contributed by atoms with E-state index in [0.717, 1.165) is 6.42 Å². The highest BCUT2D eigenvalue weighted by Crippen LogP contribution is 2.17. The molecule has 0 aromatic heterocycles. The van der Waals surface area contributed by atoms with Crippen LogP contribution in [0, 0.1) is 12.3 Å². The molecule has 0 saturated carbocycles. The fourth-order valence-electron chi connectivity index (χ4n) is 1.71. The largest absolute Gasteiger partial charge is 0.354 e. The molecule has 3 heteroatoms. The minimum absolute atomic E-state index is 0.0731. The van der Waals surface area contributed by atoms with Gasteiger partial charge in [0.05, 0.1) is 6.04 Å². The van der Waals surface area contributed by atoms with E-state index >= 15 is 0 Å². The van der Waals surface area contributed by atoms with Crippen LogP contribution in [0.4, 0.5) is 0 Å². The molecule has 3 nitrogen and oxygen atoms in total. The first-order valence-electron chi connectivity index (χ1n) is 6.40. The molecule has 1 amide bonds. The van der Waals surface area contributed by atoms with Crippen molar-refractivity contribution in [2.75, 3.05) is 6.54 Å². The molecule has 0 aliphatic heterocycles. The van der Waals surface area contributed by atoms with Gasteiger partial charge in [0.15, 0.2) is 0 Å². The Morgan fingerprint density at radius 1 is 1.33 bits per heavy atom. The fourth-order valence-corrected chi connectivity index (χ4v) is 1.71. The maximum absolute atomic E-state index is 11.8. The van der Waals surface area contributed by atoms with Crippen LogP contribution in [0.3, 0.4) is 0 Å². The first kappa shape index (κ1) is 14.7. The average Bonchev–Trinajstić information content (AvgIpc) is 2.29. The Morgan fingerprint density at radius 3 is 2.50 bits per heavy atom. The van der Waals surface area contributed by atoms with Gasteiger partial charge in [0.25, 0.3) is 0 Å². The summed E-state index contributed by atoms with van der Waals surface area (Å²) >= 11 is 0. The van der Waals surface area contributed by atoms with E-state index < -0.39 is 6.04 Å². The van der Waals surface area contributed by atoms with Gasteiger partial charge in [0.2, 0.25) is 5.91 Å². The van der Waals surface area contributed by atoms with Crippen molar-refractivity contribution in [2.24, 2.45) is 11.1 Å². The normalized spacial score (nSPS) is 13.2. The van der Waals surface area contributed by atoms with Gasteiger partial charge in [-0.2, -0.15) is 0 Å². The van der Waals surface area contributed by atoms with Gasteiger partial charge in [-0.1, -0.05) is 45.0 Å². The van der Waals surface area contributed by atoms with E-state index in [1.165, 1.54) is 11.1 Å². The smallest absolute Gasteiger partial charge is 0.237 e. The van der Waals surface area contributed by atoms with E-state index in [1.807, 2.05) is 32.9 Å². The monoisotopic (exact) mass is 248 g/mol. The van der Waals surface area contributed by atoms with Crippen molar-refractivity contribution in [3.05, 3.63) is 35.4 Å². The topological polar surface area (TPSA) is 55.1 Å². The van der Waals surface area contributed by atoms with Crippen LogP contribution in [0.25, 0.3) is 0 Å². The lowest BCUT2D eigenvalue weighted by Crippen LogP contribution is -2.49. The van der Waals surface area contributed by atoms with Gasteiger partial charge in [-0.15, -0.1) is 0 Å². The van der Waals surface area contributed by atoms with Gasteiger partial charge in [-0.3, -0.25) is 4.79 Å². The van der Waals surface area contributed by atoms with Crippen LogP contribution < -0.4 is 11.1 Å². The number of hydrogen-bond donors (Lipinski definition) is 2. The van der Waals surface area contributed by atoms with Crippen LogP contribution in [0.2, 0.25) is 0 Å². The Hall–Kier alpha value is -1.35.